The Morgan fingerprint density at radius 3 is 2.50 bits per heavy atom. The van der Waals surface area contributed by atoms with Gasteiger partial charge in [0.1, 0.15) is 5.57 Å². The van der Waals surface area contributed by atoms with E-state index in [-0.39, 0.29) is 5.57 Å². The molecule has 0 spiro atoms. The summed E-state index contributed by atoms with van der Waals surface area (Å²) in [4.78, 5) is 38.0. The Labute approximate surface area is 152 Å². The Morgan fingerprint density at radius 1 is 1.04 bits per heavy atom. The highest BCUT2D eigenvalue weighted by atomic mass is 127. The number of carbonyl (C=O) groups excluding carboxylic acids is 3. The van der Waals surface area contributed by atoms with Gasteiger partial charge in [-0.15, -0.1) is 0 Å². The van der Waals surface area contributed by atoms with Gasteiger partial charge in [-0.25, -0.2) is 9.69 Å². The summed E-state index contributed by atoms with van der Waals surface area (Å²) in [6, 6.07) is 13.6. The van der Waals surface area contributed by atoms with E-state index in [1.807, 2.05) is 37.3 Å². The van der Waals surface area contributed by atoms with Crippen molar-refractivity contribution < 1.29 is 14.4 Å². The molecule has 1 fully saturated rings. The number of rotatable bonds is 2. The van der Waals surface area contributed by atoms with Crippen molar-refractivity contribution in [2.24, 2.45) is 0 Å². The third-order valence-electron chi connectivity index (χ3n) is 3.57. The van der Waals surface area contributed by atoms with Crippen LogP contribution in [0.3, 0.4) is 0 Å². The molecular formula is C18H13IN2O3. The van der Waals surface area contributed by atoms with Crippen LogP contribution in [-0.4, -0.2) is 17.8 Å². The van der Waals surface area contributed by atoms with Crippen LogP contribution in [0.25, 0.3) is 6.08 Å². The summed E-state index contributed by atoms with van der Waals surface area (Å²) in [7, 11) is 0. The number of amides is 4. The smallest absolute Gasteiger partial charge is 0.273 e. The number of carbonyl (C=O) groups is 3. The molecular weight excluding hydrogens is 419 g/mol. The maximum Gasteiger partial charge on any atom is 0.335 e. The van der Waals surface area contributed by atoms with Crippen molar-refractivity contribution in [1.29, 1.82) is 0 Å². The number of hydrogen-bond donors (Lipinski definition) is 1. The fourth-order valence-electron chi connectivity index (χ4n) is 2.41. The van der Waals surface area contributed by atoms with E-state index in [0.717, 1.165) is 19.6 Å². The van der Waals surface area contributed by atoms with E-state index in [4.69, 9.17) is 0 Å². The molecule has 2 aromatic carbocycles. The van der Waals surface area contributed by atoms with Crippen LogP contribution in [0.1, 0.15) is 11.1 Å². The molecule has 1 aliphatic rings. The van der Waals surface area contributed by atoms with E-state index in [1.165, 1.54) is 6.08 Å². The van der Waals surface area contributed by atoms with Gasteiger partial charge in [-0.2, -0.15) is 0 Å². The highest BCUT2D eigenvalue weighted by Crippen LogP contribution is 2.23. The molecule has 6 heteroatoms. The number of urea groups is 1. The van der Waals surface area contributed by atoms with Crippen LogP contribution < -0.4 is 10.2 Å². The molecule has 120 valence electrons. The van der Waals surface area contributed by atoms with Crippen molar-refractivity contribution in [3.05, 3.63) is 68.8 Å². The third kappa shape index (κ3) is 3.09. The minimum Gasteiger partial charge on any atom is -0.273 e. The zero-order valence-corrected chi connectivity index (χ0v) is 14.9. The van der Waals surface area contributed by atoms with Gasteiger partial charge in [0, 0.05) is 3.57 Å². The SMILES string of the molecule is Cc1cccc(N2C(=O)NC(=O)C(=Cc3ccccc3I)C2=O)c1. The molecule has 3 rings (SSSR count). The molecule has 1 heterocycles. The highest BCUT2D eigenvalue weighted by Gasteiger charge is 2.36. The molecule has 0 radical (unpaired) electrons. The second-order valence-corrected chi connectivity index (χ2v) is 6.48. The lowest BCUT2D eigenvalue weighted by molar-refractivity contribution is -0.122. The molecule has 4 amide bonds. The normalized spacial score (nSPS) is 16.5. The zero-order chi connectivity index (χ0) is 17.3. The summed E-state index contributed by atoms with van der Waals surface area (Å²) in [5.41, 5.74) is 2.02. The molecule has 24 heavy (non-hydrogen) atoms. The first kappa shape index (κ1) is 16.4. The summed E-state index contributed by atoms with van der Waals surface area (Å²) in [6.45, 7) is 1.87. The molecule has 0 bridgehead atoms. The third-order valence-corrected chi connectivity index (χ3v) is 4.55. The van der Waals surface area contributed by atoms with Crippen LogP contribution in [-0.2, 0) is 9.59 Å². The van der Waals surface area contributed by atoms with Crippen molar-refractivity contribution >= 4 is 52.2 Å². The van der Waals surface area contributed by atoms with E-state index in [9.17, 15) is 14.4 Å². The molecule has 5 nitrogen and oxygen atoms in total. The maximum absolute atomic E-state index is 12.7. The average molecular weight is 432 g/mol. The first-order valence-electron chi connectivity index (χ1n) is 7.20. The van der Waals surface area contributed by atoms with Gasteiger partial charge in [0.2, 0.25) is 0 Å². The summed E-state index contributed by atoms with van der Waals surface area (Å²) in [6.07, 6.45) is 1.51. The average Bonchev–Trinajstić information content (AvgIpc) is 2.53. The molecule has 0 unspecified atom stereocenters. The number of halogens is 1. The van der Waals surface area contributed by atoms with Gasteiger partial charge in [-0.05, 0) is 64.9 Å². The Bertz CT molecular complexity index is 889. The van der Waals surface area contributed by atoms with Crippen molar-refractivity contribution in [2.45, 2.75) is 6.92 Å². The molecule has 0 aromatic heterocycles. The van der Waals surface area contributed by atoms with Gasteiger partial charge >= 0.3 is 6.03 Å². The van der Waals surface area contributed by atoms with Crippen molar-refractivity contribution in [2.75, 3.05) is 4.90 Å². The Kier molecular flexibility index (Phi) is 4.48. The fourth-order valence-corrected chi connectivity index (χ4v) is 2.95. The van der Waals surface area contributed by atoms with Gasteiger partial charge in [-0.1, -0.05) is 30.3 Å². The molecule has 0 atom stereocenters. The molecule has 1 saturated heterocycles. The van der Waals surface area contributed by atoms with Gasteiger partial charge in [0.05, 0.1) is 5.69 Å². The predicted molar refractivity (Wildman–Crippen MR) is 99.3 cm³/mol. The predicted octanol–water partition coefficient (Wildman–Crippen LogP) is 3.27. The lowest BCUT2D eigenvalue weighted by Gasteiger charge is -2.26. The molecule has 0 saturated carbocycles. The van der Waals surface area contributed by atoms with Gasteiger partial charge in [0.15, 0.2) is 0 Å². The number of benzene rings is 2. The van der Waals surface area contributed by atoms with Crippen LogP contribution in [0.15, 0.2) is 54.1 Å². The van der Waals surface area contributed by atoms with Crippen LogP contribution >= 0.6 is 22.6 Å². The Morgan fingerprint density at radius 2 is 1.79 bits per heavy atom. The number of hydrogen-bond acceptors (Lipinski definition) is 3. The standard InChI is InChI=1S/C18H13IN2O3/c1-11-5-4-7-13(9-11)21-17(23)14(16(22)20-18(21)24)10-12-6-2-3-8-15(12)19/h2-10H,1H3,(H,20,22,24). The van der Waals surface area contributed by atoms with Crippen LogP contribution in [0.5, 0.6) is 0 Å². The first-order chi connectivity index (χ1) is 11.5. The van der Waals surface area contributed by atoms with E-state index in [2.05, 4.69) is 27.9 Å². The number of nitrogens with one attached hydrogen (secondary N) is 1. The largest absolute Gasteiger partial charge is 0.335 e. The highest BCUT2D eigenvalue weighted by molar-refractivity contribution is 14.1. The molecule has 1 N–H and O–H groups in total. The van der Waals surface area contributed by atoms with Gasteiger partial charge < -0.3 is 0 Å². The minimum absolute atomic E-state index is 0.0692. The van der Waals surface area contributed by atoms with E-state index in [1.54, 1.807) is 18.2 Å². The van der Waals surface area contributed by atoms with Crippen LogP contribution in [0.2, 0.25) is 0 Å². The second-order valence-electron chi connectivity index (χ2n) is 5.32. The van der Waals surface area contributed by atoms with Crippen LogP contribution in [0.4, 0.5) is 10.5 Å². The number of aryl methyl sites for hydroxylation is 1. The zero-order valence-electron chi connectivity index (χ0n) is 12.7. The lowest BCUT2D eigenvalue weighted by atomic mass is 10.1. The topological polar surface area (TPSA) is 66.5 Å². The Balaban J connectivity index is 2.05. The van der Waals surface area contributed by atoms with E-state index >= 15 is 0 Å². The van der Waals surface area contributed by atoms with Crippen molar-refractivity contribution in [1.82, 2.24) is 5.32 Å². The molecule has 2 aromatic rings. The van der Waals surface area contributed by atoms with Gasteiger partial charge in [0.25, 0.3) is 11.8 Å². The number of barbiturate groups is 1. The summed E-state index contributed by atoms with van der Waals surface area (Å²) in [5.74, 6) is -1.32. The van der Waals surface area contributed by atoms with Crippen molar-refractivity contribution in [3.8, 4) is 0 Å². The lowest BCUT2D eigenvalue weighted by Crippen LogP contribution is -2.54. The van der Waals surface area contributed by atoms with Crippen LogP contribution in [0, 0.1) is 10.5 Å². The maximum atomic E-state index is 12.7. The quantitative estimate of drug-likeness (QED) is 0.450. The number of nitrogens with zero attached hydrogens (tertiary/aromatic N) is 1. The monoisotopic (exact) mass is 432 g/mol. The molecule has 1 aliphatic heterocycles. The van der Waals surface area contributed by atoms with Gasteiger partial charge in [-0.3, -0.25) is 14.9 Å². The summed E-state index contributed by atoms with van der Waals surface area (Å²) in [5, 5.41) is 2.22. The summed E-state index contributed by atoms with van der Waals surface area (Å²) >= 11 is 2.13. The van der Waals surface area contributed by atoms with E-state index < -0.39 is 17.8 Å². The van der Waals surface area contributed by atoms with E-state index in [0.29, 0.717) is 5.69 Å². The Hall–Kier alpha value is -2.48. The number of imide groups is 2. The van der Waals surface area contributed by atoms with Crippen molar-refractivity contribution in [3.63, 3.8) is 0 Å². The minimum atomic E-state index is -0.740. The second kappa shape index (κ2) is 6.56. The molecule has 0 aliphatic carbocycles. The number of anilines is 1. The summed E-state index contributed by atoms with van der Waals surface area (Å²) < 4.78 is 0.905. The first-order valence-corrected chi connectivity index (χ1v) is 8.28. The fraction of sp³-hybridized carbons (Fsp3) is 0.0556.